The zero-order valence-corrected chi connectivity index (χ0v) is 11.9. The molecular formula is C12H14BrFN2O3. The van der Waals surface area contributed by atoms with Crippen molar-refractivity contribution >= 4 is 27.3 Å². The molecule has 1 aliphatic heterocycles. The Morgan fingerprint density at radius 1 is 1.63 bits per heavy atom. The molecule has 1 heterocycles. The minimum absolute atomic E-state index is 0.0614. The van der Waals surface area contributed by atoms with Crippen molar-refractivity contribution < 1.29 is 14.4 Å². The molecule has 0 aliphatic carbocycles. The summed E-state index contributed by atoms with van der Waals surface area (Å²) in [7, 11) is 0. The summed E-state index contributed by atoms with van der Waals surface area (Å²) in [6, 6.07) is 2.35. The fraction of sp³-hybridized carbons (Fsp3) is 0.500. The number of hydrogen-bond acceptors (Lipinski definition) is 4. The van der Waals surface area contributed by atoms with Gasteiger partial charge in [0.2, 0.25) is 0 Å². The van der Waals surface area contributed by atoms with Gasteiger partial charge in [0.1, 0.15) is 11.5 Å². The zero-order valence-electron chi connectivity index (χ0n) is 10.3. The third kappa shape index (κ3) is 2.87. The van der Waals surface area contributed by atoms with Crippen LogP contribution >= 0.6 is 15.9 Å². The largest absolute Gasteiger partial charge is 0.393 e. The Morgan fingerprint density at radius 2 is 2.32 bits per heavy atom. The van der Waals surface area contributed by atoms with Crippen LogP contribution in [-0.4, -0.2) is 29.2 Å². The molecule has 0 aromatic heterocycles. The SMILES string of the molecule is CC(O)C1CCN(c2cc(F)c(Br)cc2[N+](=O)[O-])C1. The molecule has 19 heavy (non-hydrogen) atoms. The van der Waals surface area contributed by atoms with Gasteiger partial charge in [-0.1, -0.05) is 0 Å². The van der Waals surface area contributed by atoms with E-state index in [0.717, 1.165) is 6.42 Å². The topological polar surface area (TPSA) is 66.6 Å². The predicted molar refractivity (Wildman–Crippen MR) is 72.8 cm³/mol. The van der Waals surface area contributed by atoms with Gasteiger partial charge in [0, 0.05) is 31.1 Å². The summed E-state index contributed by atoms with van der Waals surface area (Å²) in [5.41, 5.74) is 0.147. The molecule has 0 radical (unpaired) electrons. The Hall–Kier alpha value is -1.21. The maximum atomic E-state index is 13.6. The molecule has 2 rings (SSSR count). The van der Waals surface area contributed by atoms with E-state index in [1.54, 1.807) is 11.8 Å². The lowest BCUT2D eigenvalue weighted by Crippen LogP contribution is -2.24. The number of nitrogens with zero attached hydrogens (tertiary/aromatic N) is 2. The molecule has 0 bridgehead atoms. The molecule has 2 unspecified atom stereocenters. The quantitative estimate of drug-likeness (QED) is 0.682. The molecule has 104 valence electrons. The first-order valence-electron chi connectivity index (χ1n) is 5.96. The fourth-order valence-electron chi connectivity index (χ4n) is 2.33. The van der Waals surface area contributed by atoms with Gasteiger partial charge in [0.25, 0.3) is 5.69 Å². The molecule has 2 atom stereocenters. The standard InChI is InChI=1S/C12H14BrFN2O3/c1-7(17)8-2-3-15(6-8)11-5-10(14)9(13)4-12(11)16(18)19/h4-5,7-8,17H,2-3,6H2,1H3. The highest BCUT2D eigenvalue weighted by Crippen LogP contribution is 2.36. The van der Waals surface area contributed by atoms with E-state index in [2.05, 4.69) is 15.9 Å². The maximum Gasteiger partial charge on any atom is 0.293 e. The van der Waals surface area contributed by atoms with Crippen molar-refractivity contribution in [1.29, 1.82) is 0 Å². The highest BCUT2D eigenvalue weighted by Gasteiger charge is 2.30. The fourth-order valence-corrected chi connectivity index (χ4v) is 2.66. The second-order valence-corrected chi connectivity index (χ2v) is 5.60. The van der Waals surface area contributed by atoms with Crippen LogP contribution in [-0.2, 0) is 0 Å². The number of rotatable bonds is 3. The molecule has 7 heteroatoms. The summed E-state index contributed by atoms with van der Waals surface area (Å²) in [4.78, 5) is 12.3. The van der Waals surface area contributed by atoms with E-state index >= 15 is 0 Å². The van der Waals surface area contributed by atoms with Crippen LogP contribution in [0.2, 0.25) is 0 Å². The van der Waals surface area contributed by atoms with Crippen LogP contribution in [0.4, 0.5) is 15.8 Å². The number of anilines is 1. The summed E-state index contributed by atoms with van der Waals surface area (Å²) in [6.45, 7) is 2.78. The Bertz CT molecular complexity index is 510. The van der Waals surface area contributed by atoms with Crippen molar-refractivity contribution in [2.75, 3.05) is 18.0 Å². The van der Waals surface area contributed by atoms with E-state index < -0.39 is 16.8 Å². The Labute approximate surface area is 118 Å². The van der Waals surface area contributed by atoms with Gasteiger partial charge in [0.05, 0.1) is 15.5 Å². The van der Waals surface area contributed by atoms with Gasteiger partial charge in [0.15, 0.2) is 0 Å². The van der Waals surface area contributed by atoms with Gasteiger partial charge < -0.3 is 10.0 Å². The lowest BCUT2D eigenvalue weighted by molar-refractivity contribution is -0.384. The smallest absolute Gasteiger partial charge is 0.293 e. The highest BCUT2D eigenvalue weighted by atomic mass is 79.9. The first kappa shape index (κ1) is 14.2. The minimum Gasteiger partial charge on any atom is -0.393 e. The molecular weight excluding hydrogens is 319 g/mol. The first-order chi connectivity index (χ1) is 8.90. The van der Waals surface area contributed by atoms with Crippen molar-refractivity contribution in [2.45, 2.75) is 19.4 Å². The number of aliphatic hydroxyl groups excluding tert-OH is 1. The monoisotopic (exact) mass is 332 g/mol. The minimum atomic E-state index is -0.527. The van der Waals surface area contributed by atoms with Crippen molar-refractivity contribution in [2.24, 2.45) is 5.92 Å². The number of nitro benzene ring substituents is 1. The number of nitro groups is 1. The van der Waals surface area contributed by atoms with Crippen LogP contribution in [0.3, 0.4) is 0 Å². The van der Waals surface area contributed by atoms with Crippen molar-refractivity contribution in [1.82, 2.24) is 0 Å². The molecule has 1 aromatic rings. The number of halogens is 2. The summed E-state index contributed by atoms with van der Waals surface area (Å²) in [5, 5.41) is 20.6. The summed E-state index contributed by atoms with van der Waals surface area (Å²) >= 11 is 2.95. The Morgan fingerprint density at radius 3 is 2.84 bits per heavy atom. The van der Waals surface area contributed by atoms with Crippen molar-refractivity contribution in [3.8, 4) is 0 Å². The highest BCUT2D eigenvalue weighted by molar-refractivity contribution is 9.10. The second-order valence-electron chi connectivity index (χ2n) is 4.75. The normalized spacial score (nSPS) is 20.6. The van der Waals surface area contributed by atoms with E-state index in [0.29, 0.717) is 13.1 Å². The molecule has 1 saturated heterocycles. The number of hydrogen-bond donors (Lipinski definition) is 1. The van der Waals surface area contributed by atoms with Crippen LogP contribution < -0.4 is 4.90 Å². The van der Waals surface area contributed by atoms with Crippen molar-refractivity contribution in [3.05, 3.63) is 32.5 Å². The molecule has 0 amide bonds. The third-order valence-corrected chi connectivity index (χ3v) is 4.07. The maximum absolute atomic E-state index is 13.6. The van der Waals surface area contributed by atoms with Crippen LogP contribution in [0, 0.1) is 21.8 Å². The molecule has 5 nitrogen and oxygen atoms in total. The van der Waals surface area contributed by atoms with Gasteiger partial charge in [-0.25, -0.2) is 4.39 Å². The van der Waals surface area contributed by atoms with Crippen LogP contribution in [0.5, 0.6) is 0 Å². The average Bonchev–Trinajstić information content (AvgIpc) is 2.81. The second kappa shape index (κ2) is 5.42. The molecule has 1 aliphatic rings. The molecule has 1 aromatic carbocycles. The van der Waals surface area contributed by atoms with E-state index in [1.165, 1.54) is 12.1 Å². The van der Waals surface area contributed by atoms with E-state index in [-0.39, 0.29) is 21.8 Å². The number of benzene rings is 1. The lowest BCUT2D eigenvalue weighted by Gasteiger charge is -2.19. The zero-order chi connectivity index (χ0) is 14.2. The molecule has 0 saturated carbocycles. The molecule has 1 fully saturated rings. The lowest BCUT2D eigenvalue weighted by atomic mass is 10.0. The van der Waals surface area contributed by atoms with E-state index in [9.17, 15) is 19.6 Å². The van der Waals surface area contributed by atoms with E-state index in [1.807, 2.05) is 0 Å². The number of aliphatic hydroxyl groups is 1. The molecule has 0 spiro atoms. The van der Waals surface area contributed by atoms with Gasteiger partial charge >= 0.3 is 0 Å². The first-order valence-corrected chi connectivity index (χ1v) is 6.76. The summed E-state index contributed by atoms with van der Waals surface area (Å²) in [5.74, 6) is -0.465. The molecule has 1 N–H and O–H groups in total. The van der Waals surface area contributed by atoms with Crippen LogP contribution in [0.25, 0.3) is 0 Å². The Kier molecular flexibility index (Phi) is 4.05. The van der Waals surface area contributed by atoms with Crippen LogP contribution in [0.15, 0.2) is 16.6 Å². The Balaban J connectivity index is 2.34. The van der Waals surface area contributed by atoms with Gasteiger partial charge in [-0.3, -0.25) is 10.1 Å². The van der Waals surface area contributed by atoms with Crippen molar-refractivity contribution in [3.63, 3.8) is 0 Å². The van der Waals surface area contributed by atoms with E-state index in [4.69, 9.17) is 0 Å². The van der Waals surface area contributed by atoms with Gasteiger partial charge in [-0.15, -0.1) is 0 Å². The average molecular weight is 333 g/mol. The van der Waals surface area contributed by atoms with Crippen LogP contribution in [0.1, 0.15) is 13.3 Å². The predicted octanol–water partition coefficient (Wildman–Crippen LogP) is 2.70. The van der Waals surface area contributed by atoms with Gasteiger partial charge in [-0.05, 0) is 29.3 Å². The van der Waals surface area contributed by atoms with Gasteiger partial charge in [-0.2, -0.15) is 0 Å². The summed E-state index contributed by atoms with van der Waals surface area (Å²) in [6.07, 6.45) is 0.274. The third-order valence-electron chi connectivity index (χ3n) is 3.46. The summed E-state index contributed by atoms with van der Waals surface area (Å²) < 4.78 is 13.7.